The number of benzene rings is 2. The number of amides is 1. The van der Waals surface area contributed by atoms with Gasteiger partial charge in [-0.3, -0.25) is 14.7 Å². The summed E-state index contributed by atoms with van der Waals surface area (Å²) in [6.45, 7) is -0.367. The van der Waals surface area contributed by atoms with Gasteiger partial charge in [-0.2, -0.15) is 10.2 Å². The molecular weight excluding hydrogens is 488 g/mol. The van der Waals surface area contributed by atoms with E-state index >= 15 is 0 Å². The second-order valence-corrected chi connectivity index (χ2v) is 8.90. The highest BCUT2D eigenvalue weighted by atomic mass is 19.3. The molecule has 186 valence electrons. The van der Waals surface area contributed by atoms with Gasteiger partial charge < -0.3 is 19.4 Å². The number of alkyl halides is 2. The summed E-state index contributed by atoms with van der Waals surface area (Å²) in [5, 5.41) is 12.3. The third-order valence-electron chi connectivity index (χ3n) is 6.38. The first-order chi connectivity index (χ1) is 17.9. The number of nitrogens with zero attached hydrogens (tertiary/aromatic N) is 5. The highest BCUT2D eigenvalue weighted by Gasteiger charge is 2.44. The number of carbonyl (C=O) groups excluding carboxylic acids is 1. The van der Waals surface area contributed by atoms with Gasteiger partial charge in [-0.1, -0.05) is 12.1 Å². The van der Waals surface area contributed by atoms with Crippen LogP contribution in [-0.4, -0.2) is 48.2 Å². The number of hydrogen-bond donors (Lipinski definition) is 2. The van der Waals surface area contributed by atoms with E-state index in [4.69, 9.17) is 0 Å². The minimum absolute atomic E-state index is 0.113. The molecule has 11 nitrogen and oxygen atoms in total. The molecule has 2 aromatic carbocycles. The van der Waals surface area contributed by atoms with Gasteiger partial charge in [-0.15, -0.1) is 8.78 Å². The summed E-state index contributed by atoms with van der Waals surface area (Å²) < 4.78 is 37.1. The predicted molar refractivity (Wildman–Crippen MR) is 126 cm³/mol. The Labute approximate surface area is 205 Å². The van der Waals surface area contributed by atoms with E-state index in [9.17, 15) is 18.4 Å². The lowest BCUT2D eigenvalue weighted by molar-refractivity contribution is -0.286. The minimum atomic E-state index is -3.76. The molecule has 2 N–H and O–H groups in total. The number of rotatable bonds is 5. The summed E-state index contributed by atoms with van der Waals surface area (Å²) in [4.78, 5) is 35.3. The Hall–Kier alpha value is -4.81. The second kappa shape index (κ2) is 7.59. The Morgan fingerprint density at radius 3 is 2.84 bits per heavy atom. The summed E-state index contributed by atoms with van der Waals surface area (Å²) >= 11 is 0. The van der Waals surface area contributed by atoms with Crippen molar-refractivity contribution in [1.82, 2.24) is 29.9 Å². The molecule has 1 aliphatic heterocycles. The van der Waals surface area contributed by atoms with Gasteiger partial charge in [0.1, 0.15) is 23.3 Å². The molecular formula is C24H17F2N7O4. The molecule has 1 fully saturated rings. The van der Waals surface area contributed by atoms with Gasteiger partial charge in [0.15, 0.2) is 11.5 Å². The zero-order valence-corrected chi connectivity index (χ0v) is 18.9. The van der Waals surface area contributed by atoms with Crippen LogP contribution in [0, 0.1) is 0 Å². The second-order valence-electron chi connectivity index (χ2n) is 8.90. The van der Waals surface area contributed by atoms with Crippen molar-refractivity contribution >= 4 is 33.5 Å². The van der Waals surface area contributed by atoms with Crippen molar-refractivity contribution in [2.75, 3.05) is 4.90 Å². The van der Waals surface area contributed by atoms with E-state index in [0.717, 1.165) is 28.4 Å². The number of anilines is 1. The van der Waals surface area contributed by atoms with Crippen LogP contribution in [0.3, 0.4) is 0 Å². The normalized spacial score (nSPS) is 15.9. The van der Waals surface area contributed by atoms with Crippen molar-refractivity contribution in [3.63, 3.8) is 0 Å². The fourth-order valence-corrected chi connectivity index (χ4v) is 4.55. The number of carbonyl (C=O) groups is 1. The van der Waals surface area contributed by atoms with Crippen LogP contribution in [0.4, 0.5) is 14.5 Å². The predicted octanol–water partition coefficient (Wildman–Crippen LogP) is 3.18. The Bertz CT molecular complexity index is 1770. The standard InChI is InChI=1S/C24H17F2N7O4/c25-24(26)36-17-6-5-15(8-18(17)37-24)33(14-3-4-14)19(34)10-32-23(35)22-21(27-11-28-22)20(31-32)12-1-2-13-9-29-30-16(13)7-12/h1-2,5-9,11,14H,3-4,10H2,(H,27,28)(H,29,30). The topological polar surface area (TPSA) is 131 Å². The molecule has 0 bridgehead atoms. The van der Waals surface area contributed by atoms with Crippen molar-refractivity contribution < 1.29 is 23.0 Å². The molecule has 2 aliphatic rings. The van der Waals surface area contributed by atoms with Crippen molar-refractivity contribution in [3.05, 3.63) is 59.3 Å². The first-order valence-corrected chi connectivity index (χ1v) is 11.5. The minimum Gasteiger partial charge on any atom is -0.395 e. The molecule has 4 heterocycles. The number of H-pyrrole nitrogens is 2. The molecule has 13 heteroatoms. The lowest BCUT2D eigenvalue weighted by atomic mass is 10.1. The van der Waals surface area contributed by atoms with Crippen molar-refractivity contribution in [3.8, 4) is 22.8 Å². The summed E-state index contributed by atoms with van der Waals surface area (Å²) in [6.07, 6.45) is 0.820. The van der Waals surface area contributed by atoms with Crippen LogP contribution >= 0.6 is 0 Å². The SMILES string of the molecule is O=C(Cn1nc(-c2ccc3cn[nH]c3c2)c2nc[nH]c2c1=O)N(c1ccc2c(c1)OC(F)(F)O2)C1CC1. The molecule has 0 atom stereocenters. The van der Waals surface area contributed by atoms with Crippen LogP contribution in [0.2, 0.25) is 0 Å². The summed E-state index contributed by atoms with van der Waals surface area (Å²) in [6, 6.07) is 9.61. The van der Waals surface area contributed by atoms with E-state index in [0.29, 0.717) is 22.5 Å². The third-order valence-corrected chi connectivity index (χ3v) is 6.38. The lowest BCUT2D eigenvalue weighted by Gasteiger charge is -2.23. The highest BCUT2D eigenvalue weighted by Crippen LogP contribution is 2.44. The number of nitrogens with one attached hydrogen (secondary N) is 2. The monoisotopic (exact) mass is 505 g/mol. The fraction of sp³-hybridized carbons (Fsp3) is 0.208. The molecule has 3 aromatic heterocycles. The van der Waals surface area contributed by atoms with Crippen molar-refractivity contribution in [1.29, 1.82) is 0 Å². The van der Waals surface area contributed by atoms with E-state index in [1.165, 1.54) is 29.4 Å². The van der Waals surface area contributed by atoms with Gasteiger partial charge in [0, 0.05) is 28.7 Å². The number of ether oxygens (including phenoxy) is 2. The van der Waals surface area contributed by atoms with Gasteiger partial charge in [0.05, 0.1) is 18.0 Å². The number of aromatic amines is 2. The number of fused-ring (bicyclic) bond motifs is 3. The number of aromatic nitrogens is 6. The molecule has 5 aromatic rings. The zero-order chi connectivity index (χ0) is 25.3. The molecule has 1 amide bonds. The maximum absolute atomic E-state index is 13.5. The molecule has 1 saturated carbocycles. The first kappa shape index (κ1) is 21.5. The van der Waals surface area contributed by atoms with Gasteiger partial charge in [0.2, 0.25) is 5.91 Å². The van der Waals surface area contributed by atoms with Gasteiger partial charge >= 0.3 is 6.29 Å². The number of imidazole rings is 1. The van der Waals surface area contributed by atoms with Crippen LogP contribution in [0.25, 0.3) is 33.2 Å². The quantitative estimate of drug-likeness (QED) is 0.375. The van der Waals surface area contributed by atoms with E-state index in [1.807, 2.05) is 18.2 Å². The van der Waals surface area contributed by atoms with Gasteiger partial charge in [0.25, 0.3) is 5.56 Å². The number of hydrogen-bond acceptors (Lipinski definition) is 7. The van der Waals surface area contributed by atoms with E-state index < -0.39 is 17.8 Å². The maximum atomic E-state index is 13.5. The molecule has 37 heavy (non-hydrogen) atoms. The Balaban J connectivity index is 1.26. The maximum Gasteiger partial charge on any atom is 0.586 e. The molecule has 0 unspecified atom stereocenters. The summed E-state index contributed by atoms with van der Waals surface area (Å²) in [7, 11) is 0. The lowest BCUT2D eigenvalue weighted by Crippen LogP contribution is -2.39. The Morgan fingerprint density at radius 2 is 2.00 bits per heavy atom. The third kappa shape index (κ3) is 3.58. The molecule has 7 rings (SSSR count). The zero-order valence-electron chi connectivity index (χ0n) is 18.9. The van der Waals surface area contributed by atoms with Crippen LogP contribution in [0.5, 0.6) is 11.5 Å². The summed E-state index contributed by atoms with van der Waals surface area (Å²) in [5.74, 6) is -0.693. The fourth-order valence-electron chi connectivity index (χ4n) is 4.55. The average Bonchev–Trinajstić information content (AvgIpc) is 3.26. The summed E-state index contributed by atoms with van der Waals surface area (Å²) in [5.41, 5.74) is 2.34. The largest absolute Gasteiger partial charge is 0.586 e. The van der Waals surface area contributed by atoms with Crippen molar-refractivity contribution in [2.45, 2.75) is 31.7 Å². The molecule has 0 spiro atoms. The average molecular weight is 505 g/mol. The number of halogens is 2. The van der Waals surface area contributed by atoms with Gasteiger partial charge in [-0.05, 0) is 31.0 Å². The Kier molecular flexibility index (Phi) is 4.41. The van der Waals surface area contributed by atoms with Crippen LogP contribution in [-0.2, 0) is 11.3 Å². The molecule has 0 radical (unpaired) electrons. The smallest absolute Gasteiger partial charge is 0.395 e. The van der Waals surface area contributed by atoms with Crippen molar-refractivity contribution in [2.24, 2.45) is 0 Å². The molecule has 0 saturated heterocycles. The van der Waals surface area contributed by atoms with E-state index in [-0.39, 0.29) is 29.6 Å². The van der Waals surface area contributed by atoms with E-state index in [1.54, 1.807) is 6.20 Å². The van der Waals surface area contributed by atoms with Crippen LogP contribution in [0.15, 0.2) is 53.7 Å². The Morgan fingerprint density at radius 1 is 1.16 bits per heavy atom. The first-order valence-electron chi connectivity index (χ1n) is 11.5. The van der Waals surface area contributed by atoms with Crippen LogP contribution < -0.4 is 19.9 Å². The van der Waals surface area contributed by atoms with E-state index in [2.05, 4.69) is 34.7 Å². The van der Waals surface area contributed by atoms with Gasteiger partial charge in [-0.25, -0.2) is 9.67 Å². The molecule has 1 aliphatic carbocycles. The highest BCUT2D eigenvalue weighted by molar-refractivity contribution is 5.95. The van der Waals surface area contributed by atoms with Crippen LogP contribution in [0.1, 0.15) is 12.8 Å².